The molecule has 0 rings (SSSR count). The SMILES string of the molecule is CC/C=C\C/C=C\C/C=C\C/C=C\C/C=C\C/C=C\C/C=C\CCCCCCCCCCCCCCCCCCCC(=O)OC(COC(=O)CCCCCCCCCCCCCCCCCCCCCCCCC/C=C\C/C=C\C/C=C\C/C=C\C/C=C\CC)COP(=O)(O)OCC[N+](C)(C)C. The average Bonchev–Trinajstić information content (AvgIpc) is 0.914. The van der Waals surface area contributed by atoms with Gasteiger partial charge in [-0.15, -0.1) is 0 Å². The van der Waals surface area contributed by atoms with Gasteiger partial charge in [-0.05, 0) is 116 Å². The van der Waals surface area contributed by atoms with Crippen LogP contribution in [0.5, 0.6) is 0 Å². The third-order valence-electron chi connectivity index (χ3n) is 18.4. The van der Waals surface area contributed by atoms with Crippen molar-refractivity contribution in [3.05, 3.63) is 146 Å². The van der Waals surface area contributed by atoms with E-state index in [2.05, 4.69) is 160 Å². The Morgan fingerprint density at radius 2 is 0.529 bits per heavy atom. The van der Waals surface area contributed by atoms with E-state index in [1.54, 1.807) is 0 Å². The number of carbonyl (C=O) groups is 2. The zero-order valence-electron chi connectivity index (χ0n) is 67.1. The Kier molecular flexibility index (Phi) is 77.7. The van der Waals surface area contributed by atoms with Crippen molar-refractivity contribution in [3.8, 4) is 0 Å². The van der Waals surface area contributed by atoms with Gasteiger partial charge in [-0.3, -0.25) is 18.6 Å². The van der Waals surface area contributed by atoms with Crippen molar-refractivity contribution in [2.24, 2.45) is 0 Å². The molecule has 102 heavy (non-hydrogen) atoms. The van der Waals surface area contributed by atoms with Crippen molar-refractivity contribution in [2.75, 3.05) is 47.5 Å². The molecule has 2 atom stereocenters. The second kappa shape index (κ2) is 81.0. The molecule has 0 aliphatic rings. The average molecular weight is 1440 g/mol. The van der Waals surface area contributed by atoms with E-state index in [4.69, 9.17) is 18.5 Å². The summed E-state index contributed by atoms with van der Waals surface area (Å²) in [7, 11) is 1.48. The summed E-state index contributed by atoms with van der Waals surface area (Å²) < 4.78 is 34.9. The molecule has 0 aromatic rings. The van der Waals surface area contributed by atoms with Crippen LogP contribution in [0.25, 0.3) is 0 Å². The molecule has 0 fully saturated rings. The van der Waals surface area contributed by atoms with Crippen molar-refractivity contribution >= 4 is 19.8 Å². The fourth-order valence-corrected chi connectivity index (χ4v) is 12.7. The maximum Gasteiger partial charge on any atom is 0.472 e. The second-order valence-electron chi connectivity index (χ2n) is 29.5. The molecule has 1 N–H and O–H groups in total. The lowest BCUT2D eigenvalue weighted by Crippen LogP contribution is -2.37. The summed E-state index contributed by atoms with van der Waals surface area (Å²) in [5, 5.41) is 0. The minimum Gasteiger partial charge on any atom is -0.462 e. The lowest BCUT2D eigenvalue weighted by molar-refractivity contribution is -0.870. The molecule has 586 valence electrons. The van der Waals surface area contributed by atoms with Gasteiger partial charge in [0.15, 0.2) is 6.10 Å². The van der Waals surface area contributed by atoms with Gasteiger partial charge in [0.1, 0.15) is 19.8 Å². The van der Waals surface area contributed by atoms with Crippen LogP contribution >= 0.6 is 7.82 Å². The fourth-order valence-electron chi connectivity index (χ4n) is 12.0. The first-order valence-electron chi connectivity index (χ1n) is 42.6. The van der Waals surface area contributed by atoms with Gasteiger partial charge in [0.25, 0.3) is 0 Å². The first kappa shape index (κ1) is 97.9. The number of phosphoric acid groups is 1. The molecule has 0 heterocycles. The molecular weight excluding hydrogens is 1280 g/mol. The van der Waals surface area contributed by atoms with Gasteiger partial charge in [0.2, 0.25) is 0 Å². The van der Waals surface area contributed by atoms with E-state index in [0.717, 1.165) is 109 Å². The van der Waals surface area contributed by atoms with E-state index in [-0.39, 0.29) is 32.0 Å². The van der Waals surface area contributed by atoms with Gasteiger partial charge in [0, 0.05) is 12.8 Å². The third kappa shape index (κ3) is 84.8. The summed E-state index contributed by atoms with van der Waals surface area (Å²) in [6.45, 7) is 4.25. The molecule has 0 aromatic heterocycles. The number of unbranched alkanes of at least 4 members (excludes halogenated alkanes) is 40. The summed E-state index contributed by atoms with van der Waals surface area (Å²) in [5.74, 6) is -0.784. The van der Waals surface area contributed by atoms with Crippen molar-refractivity contribution < 1.29 is 42.1 Å². The Morgan fingerprint density at radius 3 is 0.784 bits per heavy atom. The van der Waals surface area contributed by atoms with Gasteiger partial charge < -0.3 is 18.9 Å². The van der Waals surface area contributed by atoms with Crippen LogP contribution in [-0.2, 0) is 32.7 Å². The van der Waals surface area contributed by atoms with E-state index in [1.165, 1.54) is 231 Å². The number of likely N-dealkylation sites (N-methyl/N-ethyl adjacent to an activating group) is 1. The van der Waals surface area contributed by atoms with Crippen LogP contribution in [0.1, 0.15) is 373 Å². The molecule has 10 heteroatoms. The normalized spacial score (nSPS) is 13.7. The summed E-state index contributed by atoms with van der Waals surface area (Å²) in [6, 6.07) is 0. The number of carbonyl (C=O) groups excluding carboxylic acids is 2. The van der Waals surface area contributed by atoms with Crippen molar-refractivity contribution in [1.29, 1.82) is 0 Å². The minimum absolute atomic E-state index is 0.0296. The molecular formula is C92H161NO8P+. The maximum atomic E-state index is 12.9. The molecule has 9 nitrogen and oxygen atoms in total. The summed E-state index contributed by atoms with van der Waals surface area (Å²) in [4.78, 5) is 36.0. The van der Waals surface area contributed by atoms with Gasteiger partial charge in [-0.2, -0.15) is 0 Å². The number of rotatable bonds is 78. The summed E-state index contributed by atoms with van der Waals surface area (Å²) >= 11 is 0. The number of esters is 2. The Balaban J connectivity index is 3.93. The second-order valence-corrected chi connectivity index (χ2v) is 30.9. The van der Waals surface area contributed by atoms with E-state index in [1.807, 2.05) is 21.1 Å². The quantitative estimate of drug-likeness (QED) is 0.0211. The van der Waals surface area contributed by atoms with Crippen molar-refractivity contribution in [3.63, 3.8) is 0 Å². The largest absolute Gasteiger partial charge is 0.472 e. The number of phosphoric ester groups is 1. The van der Waals surface area contributed by atoms with Crippen LogP contribution in [0, 0.1) is 0 Å². The number of ether oxygens (including phenoxy) is 2. The standard InChI is InChI=1S/C92H160NO8P/c1-6-8-10-12-14-16-18-20-22-24-26-28-30-32-34-36-38-40-42-44-46-48-50-52-54-56-58-60-62-64-66-68-70-72-74-76-78-80-82-84-91(94)98-88-90(89-100-102(96,97)99-87-86-93(3,4)5)101-92(95)85-83-81-79-77-75-73-71-69-67-65-63-61-59-57-55-53-51-49-47-45-43-41-39-37-35-33-31-29-27-25-23-21-19-17-15-13-11-9-7-2/h8-11,14-17,20-23,26-29,32-35,39,41,45,47,90H,6-7,12-13,18-19,24-25,30-31,36-38,40,42-44,46,48-89H2,1-5H3/p+1/b10-8-,11-9-,16-14-,17-15-,22-20-,23-21-,28-26-,29-27-,34-32-,35-33-,41-39-,47-45-. The Labute approximate surface area is 631 Å². The van der Waals surface area contributed by atoms with Gasteiger partial charge in [-0.1, -0.05) is 391 Å². The Bertz CT molecular complexity index is 2240. The van der Waals surface area contributed by atoms with Crippen LogP contribution in [0.4, 0.5) is 0 Å². The number of allylic oxidation sites excluding steroid dienone is 24. The Hall–Kier alpha value is -4.11. The first-order chi connectivity index (χ1) is 50.0. The van der Waals surface area contributed by atoms with E-state index in [9.17, 15) is 19.0 Å². The topological polar surface area (TPSA) is 108 Å². The van der Waals surface area contributed by atoms with Gasteiger partial charge in [-0.25, -0.2) is 4.57 Å². The number of quaternary nitrogens is 1. The highest BCUT2D eigenvalue weighted by Gasteiger charge is 2.27. The van der Waals surface area contributed by atoms with Gasteiger partial charge >= 0.3 is 19.8 Å². The lowest BCUT2D eigenvalue weighted by Gasteiger charge is -2.24. The number of hydrogen-bond donors (Lipinski definition) is 1. The van der Waals surface area contributed by atoms with Gasteiger partial charge in [0.05, 0.1) is 27.7 Å². The zero-order chi connectivity index (χ0) is 74.0. The van der Waals surface area contributed by atoms with E-state index in [0.29, 0.717) is 17.4 Å². The summed E-state index contributed by atoms with van der Waals surface area (Å²) in [5.41, 5.74) is 0. The van der Waals surface area contributed by atoms with Crippen LogP contribution in [-0.4, -0.2) is 74.9 Å². The summed E-state index contributed by atoms with van der Waals surface area (Å²) in [6.07, 6.45) is 120. The van der Waals surface area contributed by atoms with Crippen LogP contribution in [0.15, 0.2) is 146 Å². The molecule has 0 aliphatic heterocycles. The zero-order valence-corrected chi connectivity index (χ0v) is 68.0. The number of nitrogens with zero attached hydrogens (tertiary/aromatic N) is 1. The molecule has 0 saturated carbocycles. The Morgan fingerprint density at radius 1 is 0.304 bits per heavy atom. The third-order valence-corrected chi connectivity index (χ3v) is 19.3. The van der Waals surface area contributed by atoms with Crippen LogP contribution in [0.2, 0.25) is 0 Å². The molecule has 2 unspecified atom stereocenters. The monoisotopic (exact) mass is 1440 g/mol. The molecule has 0 spiro atoms. The lowest BCUT2D eigenvalue weighted by atomic mass is 10.0. The highest BCUT2D eigenvalue weighted by Crippen LogP contribution is 2.43. The molecule has 0 aliphatic carbocycles. The van der Waals surface area contributed by atoms with Crippen LogP contribution < -0.4 is 0 Å². The van der Waals surface area contributed by atoms with E-state index < -0.39 is 26.5 Å². The van der Waals surface area contributed by atoms with Crippen molar-refractivity contribution in [1.82, 2.24) is 0 Å². The highest BCUT2D eigenvalue weighted by atomic mass is 31.2. The molecule has 0 saturated heterocycles. The minimum atomic E-state index is -4.40. The highest BCUT2D eigenvalue weighted by molar-refractivity contribution is 7.47. The smallest absolute Gasteiger partial charge is 0.462 e. The molecule has 0 radical (unpaired) electrons. The van der Waals surface area contributed by atoms with Crippen LogP contribution in [0.3, 0.4) is 0 Å². The fraction of sp³-hybridized carbons (Fsp3) is 0.717. The van der Waals surface area contributed by atoms with Crippen molar-refractivity contribution in [2.45, 2.75) is 380 Å². The molecule has 0 aromatic carbocycles. The predicted octanol–water partition coefficient (Wildman–Crippen LogP) is 28.8. The first-order valence-corrected chi connectivity index (χ1v) is 44.1. The predicted molar refractivity (Wildman–Crippen MR) is 445 cm³/mol. The molecule has 0 bridgehead atoms. The molecule has 0 amide bonds. The van der Waals surface area contributed by atoms with E-state index >= 15 is 0 Å². The maximum absolute atomic E-state index is 12.9. The number of hydrogen-bond acceptors (Lipinski definition) is 7.